The average Bonchev–Trinajstić information content (AvgIpc) is 2.45. The second-order valence-electron chi connectivity index (χ2n) is 4.74. The maximum Gasteiger partial charge on any atom is 0.314 e. The van der Waals surface area contributed by atoms with Gasteiger partial charge in [0, 0.05) is 5.69 Å². The number of hydrogen-bond donors (Lipinski definition) is 4. The Morgan fingerprint density at radius 2 is 1.64 bits per heavy atom. The lowest BCUT2D eigenvalue weighted by atomic mass is 10.2. The molecule has 6 N–H and O–H groups in total. The summed E-state index contributed by atoms with van der Waals surface area (Å²) < 4.78 is 0. The van der Waals surface area contributed by atoms with Crippen molar-refractivity contribution in [2.24, 2.45) is 0 Å². The third-order valence-corrected chi connectivity index (χ3v) is 3.25. The van der Waals surface area contributed by atoms with E-state index in [1.807, 2.05) is 6.92 Å². The van der Waals surface area contributed by atoms with Crippen LogP contribution in [0.15, 0.2) is 36.4 Å². The van der Waals surface area contributed by atoms with Crippen LogP contribution in [-0.2, 0) is 9.59 Å². The van der Waals surface area contributed by atoms with E-state index in [4.69, 9.17) is 23.1 Å². The fraction of sp³-hybridized carbons (Fsp3) is 0.0667. The van der Waals surface area contributed by atoms with Gasteiger partial charge in [-0.2, -0.15) is 0 Å². The lowest BCUT2D eigenvalue weighted by molar-refractivity contribution is -0.132. The van der Waals surface area contributed by atoms with Gasteiger partial charge in [0.2, 0.25) is 0 Å². The lowest BCUT2D eigenvalue weighted by Crippen LogP contribution is -2.29. The number of halogens is 1. The number of carbonyl (C=O) groups is 2. The summed E-state index contributed by atoms with van der Waals surface area (Å²) in [5.74, 6) is -1.66. The molecule has 7 heteroatoms. The van der Waals surface area contributed by atoms with E-state index in [1.54, 1.807) is 24.3 Å². The fourth-order valence-electron chi connectivity index (χ4n) is 1.77. The molecule has 0 bridgehead atoms. The van der Waals surface area contributed by atoms with Gasteiger partial charge >= 0.3 is 11.8 Å². The van der Waals surface area contributed by atoms with Gasteiger partial charge in [0.15, 0.2) is 0 Å². The van der Waals surface area contributed by atoms with Crippen molar-refractivity contribution < 1.29 is 9.59 Å². The topological polar surface area (TPSA) is 110 Å². The standard InChI is InChI=1S/C15H15ClN4O2/c1-8-2-5-13(12(18)6-8)20-15(22)14(21)19-9-3-4-11(17)10(16)7-9/h2-7H,17-18H2,1H3,(H,19,21)(H,20,22). The van der Waals surface area contributed by atoms with Gasteiger partial charge in [0.1, 0.15) is 0 Å². The molecule has 0 aliphatic rings. The molecule has 0 saturated carbocycles. The van der Waals surface area contributed by atoms with Crippen LogP contribution >= 0.6 is 11.6 Å². The van der Waals surface area contributed by atoms with Crippen LogP contribution in [0.3, 0.4) is 0 Å². The second-order valence-corrected chi connectivity index (χ2v) is 5.14. The third kappa shape index (κ3) is 3.67. The van der Waals surface area contributed by atoms with Gasteiger partial charge in [0.25, 0.3) is 0 Å². The van der Waals surface area contributed by atoms with E-state index < -0.39 is 11.8 Å². The number of nitrogen functional groups attached to an aromatic ring is 2. The predicted octanol–water partition coefficient (Wildman–Crippen LogP) is 2.39. The Morgan fingerprint density at radius 3 is 2.27 bits per heavy atom. The highest BCUT2D eigenvalue weighted by atomic mass is 35.5. The van der Waals surface area contributed by atoms with E-state index in [0.717, 1.165) is 5.56 Å². The summed E-state index contributed by atoms with van der Waals surface area (Å²) in [6, 6.07) is 9.66. The first-order valence-electron chi connectivity index (χ1n) is 6.40. The van der Waals surface area contributed by atoms with Crippen molar-refractivity contribution in [3.8, 4) is 0 Å². The van der Waals surface area contributed by atoms with Crippen LogP contribution in [0.2, 0.25) is 5.02 Å². The number of nitrogens with two attached hydrogens (primary N) is 2. The molecule has 0 radical (unpaired) electrons. The molecule has 2 rings (SSSR count). The number of rotatable bonds is 2. The van der Waals surface area contributed by atoms with Gasteiger partial charge in [-0.25, -0.2) is 0 Å². The van der Waals surface area contributed by atoms with Crippen LogP contribution in [0, 0.1) is 6.92 Å². The quantitative estimate of drug-likeness (QED) is 0.503. The molecule has 0 aromatic heterocycles. The summed E-state index contributed by atoms with van der Waals surface area (Å²) in [5, 5.41) is 5.17. The molecule has 0 spiro atoms. The second kappa shape index (κ2) is 6.36. The Kier molecular flexibility index (Phi) is 4.53. The highest BCUT2D eigenvalue weighted by Crippen LogP contribution is 2.23. The van der Waals surface area contributed by atoms with Crippen molar-refractivity contribution in [2.45, 2.75) is 6.92 Å². The lowest BCUT2D eigenvalue weighted by Gasteiger charge is -2.09. The maximum atomic E-state index is 11.9. The normalized spacial score (nSPS) is 10.1. The molecule has 0 heterocycles. The maximum absolute atomic E-state index is 11.9. The molecule has 0 fully saturated rings. The van der Waals surface area contributed by atoms with Crippen molar-refractivity contribution in [3.05, 3.63) is 47.0 Å². The smallest absolute Gasteiger partial charge is 0.314 e. The molecular weight excluding hydrogens is 304 g/mol. The van der Waals surface area contributed by atoms with Gasteiger partial charge in [-0.05, 0) is 42.8 Å². The zero-order valence-electron chi connectivity index (χ0n) is 11.8. The number of hydrogen-bond acceptors (Lipinski definition) is 4. The van der Waals surface area contributed by atoms with Gasteiger partial charge in [0.05, 0.1) is 22.1 Å². The summed E-state index contributed by atoms with van der Waals surface area (Å²) in [6.45, 7) is 1.87. The van der Waals surface area contributed by atoms with Crippen LogP contribution in [0.4, 0.5) is 22.7 Å². The average molecular weight is 319 g/mol. The van der Waals surface area contributed by atoms with Gasteiger partial charge in [-0.15, -0.1) is 0 Å². The largest absolute Gasteiger partial charge is 0.398 e. The van der Waals surface area contributed by atoms with Crippen LogP contribution in [0.25, 0.3) is 0 Å². The van der Waals surface area contributed by atoms with Gasteiger partial charge in [-0.1, -0.05) is 17.7 Å². The molecule has 22 heavy (non-hydrogen) atoms. The minimum Gasteiger partial charge on any atom is -0.398 e. The zero-order valence-corrected chi connectivity index (χ0v) is 12.6. The van der Waals surface area contributed by atoms with Crippen molar-refractivity contribution in [1.29, 1.82) is 0 Å². The van der Waals surface area contributed by atoms with Crippen molar-refractivity contribution in [2.75, 3.05) is 22.1 Å². The van der Waals surface area contributed by atoms with Gasteiger partial charge in [-0.3, -0.25) is 9.59 Å². The van der Waals surface area contributed by atoms with E-state index in [0.29, 0.717) is 27.8 Å². The Morgan fingerprint density at radius 1 is 0.955 bits per heavy atom. The SMILES string of the molecule is Cc1ccc(NC(=O)C(=O)Nc2ccc(N)c(Cl)c2)c(N)c1. The summed E-state index contributed by atoms with van der Waals surface area (Å²) in [5.41, 5.74) is 13.8. The molecule has 0 atom stereocenters. The van der Waals surface area contributed by atoms with E-state index in [2.05, 4.69) is 10.6 Å². The van der Waals surface area contributed by atoms with Crippen molar-refractivity contribution in [3.63, 3.8) is 0 Å². The number of aryl methyl sites for hydroxylation is 1. The molecular formula is C15H15ClN4O2. The van der Waals surface area contributed by atoms with E-state index in [1.165, 1.54) is 12.1 Å². The van der Waals surface area contributed by atoms with Crippen LogP contribution in [0.5, 0.6) is 0 Å². The summed E-state index contributed by atoms with van der Waals surface area (Å²) in [7, 11) is 0. The fourth-order valence-corrected chi connectivity index (χ4v) is 1.95. The highest BCUT2D eigenvalue weighted by Gasteiger charge is 2.15. The molecule has 6 nitrogen and oxygen atoms in total. The molecule has 0 aliphatic carbocycles. The van der Waals surface area contributed by atoms with Gasteiger partial charge < -0.3 is 22.1 Å². The number of anilines is 4. The molecule has 0 saturated heterocycles. The summed E-state index contributed by atoms with van der Waals surface area (Å²) in [6.07, 6.45) is 0. The number of amides is 2. The number of nitrogens with one attached hydrogen (secondary N) is 2. The third-order valence-electron chi connectivity index (χ3n) is 2.92. The minimum atomic E-state index is -0.833. The molecule has 114 valence electrons. The van der Waals surface area contributed by atoms with Crippen LogP contribution in [-0.4, -0.2) is 11.8 Å². The van der Waals surface area contributed by atoms with E-state index in [-0.39, 0.29) is 0 Å². The Hall–Kier alpha value is -2.73. The minimum absolute atomic E-state index is 0.293. The molecule has 2 amide bonds. The van der Waals surface area contributed by atoms with Crippen molar-refractivity contribution >= 4 is 46.2 Å². The molecule has 0 aliphatic heterocycles. The zero-order chi connectivity index (χ0) is 16.3. The van der Waals surface area contributed by atoms with E-state index in [9.17, 15) is 9.59 Å². The summed E-state index contributed by atoms with van der Waals surface area (Å²) in [4.78, 5) is 23.7. The Bertz CT molecular complexity index is 746. The number of carbonyl (C=O) groups excluding carboxylic acids is 2. The van der Waals surface area contributed by atoms with Crippen LogP contribution in [0.1, 0.15) is 5.56 Å². The molecule has 2 aromatic rings. The summed E-state index contributed by atoms with van der Waals surface area (Å²) >= 11 is 5.85. The first kappa shape index (κ1) is 15.7. The first-order chi connectivity index (χ1) is 10.4. The number of benzene rings is 2. The Balaban J connectivity index is 2.05. The highest BCUT2D eigenvalue weighted by molar-refractivity contribution is 6.44. The first-order valence-corrected chi connectivity index (χ1v) is 6.78. The monoisotopic (exact) mass is 318 g/mol. The Labute approximate surface area is 132 Å². The molecule has 0 unspecified atom stereocenters. The predicted molar refractivity (Wildman–Crippen MR) is 88.7 cm³/mol. The van der Waals surface area contributed by atoms with Crippen molar-refractivity contribution in [1.82, 2.24) is 0 Å². The molecule has 2 aromatic carbocycles. The van der Waals surface area contributed by atoms with E-state index >= 15 is 0 Å². The van der Waals surface area contributed by atoms with Crippen LogP contribution < -0.4 is 22.1 Å².